The molecule has 16 heteroatoms. The number of amides is 2. The third kappa shape index (κ3) is 6.95. The first-order chi connectivity index (χ1) is 20.6. The Morgan fingerprint density at radius 2 is 1.67 bits per heavy atom. The van der Waals surface area contributed by atoms with Crippen LogP contribution in [0.2, 0.25) is 0 Å². The normalized spacial score (nSPS) is 18.0. The fourth-order valence-corrected chi connectivity index (χ4v) is 4.34. The summed E-state index contributed by atoms with van der Waals surface area (Å²) in [6.45, 7) is 3.84. The van der Waals surface area contributed by atoms with Gasteiger partial charge in [-0.05, 0) is 70.2 Å². The number of rotatable bonds is 6. The van der Waals surface area contributed by atoms with Crippen molar-refractivity contribution in [2.45, 2.75) is 56.7 Å². The van der Waals surface area contributed by atoms with Gasteiger partial charge in [-0.2, -0.15) is 26.3 Å². The van der Waals surface area contributed by atoms with Crippen LogP contribution in [-0.4, -0.2) is 52.0 Å². The van der Waals surface area contributed by atoms with E-state index in [1.54, 1.807) is 0 Å². The van der Waals surface area contributed by atoms with Gasteiger partial charge in [-0.1, -0.05) is 0 Å². The molecule has 1 aliphatic rings. The molecule has 4 rings (SSSR count). The second kappa shape index (κ2) is 11.5. The second-order valence-electron chi connectivity index (χ2n) is 11.5. The lowest BCUT2D eigenvalue weighted by atomic mass is 9.81. The second-order valence-corrected chi connectivity index (χ2v) is 11.5. The molecule has 0 spiro atoms. The minimum absolute atomic E-state index is 0.0655. The van der Waals surface area contributed by atoms with Crippen LogP contribution in [0.25, 0.3) is 11.3 Å². The number of hydrogen-bond acceptors (Lipinski definition) is 7. The van der Waals surface area contributed by atoms with Crippen molar-refractivity contribution in [2.24, 2.45) is 0 Å². The molecule has 242 valence electrons. The maximum absolute atomic E-state index is 14.5. The number of hydrogen-bond donors (Lipinski definition) is 3. The standard InChI is InChI=1S/C29H27F7N4O5/c1-25(2,3)45-24(42)38-13-27(43,29(34,35)36)20-11-18-22(21(40-20)15-5-7-16(30)8-6-15)44-14-26(18,4)23(41)39-17-9-10-19(37-12-17)28(31,32)33/h5-12,43H,13-14H2,1-4H3,(H,38,42)(H,39,41)/t26-,27-/m0/s1. The Morgan fingerprint density at radius 3 is 2.20 bits per heavy atom. The molecule has 3 aromatic rings. The molecule has 0 aliphatic carbocycles. The smallest absolute Gasteiger partial charge is 0.433 e. The van der Waals surface area contributed by atoms with Crippen molar-refractivity contribution in [3.63, 3.8) is 0 Å². The molecule has 45 heavy (non-hydrogen) atoms. The van der Waals surface area contributed by atoms with Gasteiger partial charge < -0.3 is 25.2 Å². The Hall–Kier alpha value is -4.47. The minimum atomic E-state index is -5.44. The molecule has 0 bridgehead atoms. The molecule has 9 nitrogen and oxygen atoms in total. The molecule has 0 radical (unpaired) electrons. The lowest BCUT2D eigenvalue weighted by Crippen LogP contribution is -2.52. The zero-order valence-electron chi connectivity index (χ0n) is 24.2. The van der Waals surface area contributed by atoms with Gasteiger partial charge in [0.1, 0.15) is 40.6 Å². The third-order valence-corrected chi connectivity index (χ3v) is 6.78. The van der Waals surface area contributed by atoms with Crippen LogP contribution in [0.4, 0.5) is 41.2 Å². The number of halogens is 7. The number of alkyl halides is 6. The maximum atomic E-state index is 14.5. The first-order valence-corrected chi connectivity index (χ1v) is 13.2. The number of nitrogens with one attached hydrogen (secondary N) is 2. The average molecular weight is 645 g/mol. The van der Waals surface area contributed by atoms with Crippen LogP contribution in [0.5, 0.6) is 5.75 Å². The zero-order valence-corrected chi connectivity index (χ0v) is 24.2. The van der Waals surface area contributed by atoms with E-state index in [0.29, 0.717) is 6.07 Å². The first kappa shape index (κ1) is 33.4. The topological polar surface area (TPSA) is 123 Å². The Labute approximate surface area is 251 Å². The summed E-state index contributed by atoms with van der Waals surface area (Å²) < 4.78 is 107. The van der Waals surface area contributed by atoms with Gasteiger partial charge in [0.2, 0.25) is 11.5 Å². The molecular weight excluding hydrogens is 617 g/mol. The number of benzene rings is 1. The van der Waals surface area contributed by atoms with E-state index in [0.717, 1.165) is 30.5 Å². The molecule has 3 heterocycles. The summed E-state index contributed by atoms with van der Waals surface area (Å²) in [4.78, 5) is 33.0. The highest BCUT2D eigenvalue weighted by Crippen LogP contribution is 2.48. The molecule has 1 aliphatic heterocycles. The molecular formula is C29H27F7N4O5. The van der Waals surface area contributed by atoms with Crippen molar-refractivity contribution >= 4 is 17.7 Å². The summed E-state index contributed by atoms with van der Waals surface area (Å²) in [6.07, 6.45) is -10.7. The molecule has 0 fully saturated rings. The van der Waals surface area contributed by atoms with E-state index in [2.05, 4.69) is 15.3 Å². The van der Waals surface area contributed by atoms with Gasteiger partial charge in [-0.15, -0.1) is 0 Å². The van der Waals surface area contributed by atoms with E-state index in [4.69, 9.17) is 9.47 Å². The predicted molar refractivity (Wildman–Crippen MR) is 145 cm³/mol. The molecule has 2 amide bonds. The number of aliphatic hydroxyl groups is 1. The van der Waals surface area contributed by atoms with Crippen molar-refractivity contribution in [3.8, 4) is 17.0 Å². The van der Waals surface area contributed by atoms with E-state index in [1.807, 2.05) is 5.32 Å². The highest BCUT2D eigenvalue weighted by molar-refractivity contribution is 6.00. The molecule has 3 N–H and O–H groups in total. The SMILES string of the molecule is CC(C)(C)OC(=O)NC[C@](O)(c1cc2c(c(-c3ccc(F)cc3)n1)OC[C@]2(C)C(=O)Nc1ccc(C(F)(F)F)nc1)C(F)(F)F. The number of ether oxygens (including phenoxy) is 2. The lowest BCUT2D eigenvalue weighted by molar-refractivity contribution is -0.265. The summed E-state index contributed by atoms with van der Waals surface area (Å²) >= 11 is 0. The zero-order chi connectivity index (χ0) is 33.6. The fourth-order valence-electron chi connectivity index (χ4n) is 4.34. The van der Waals surface area contributed by atoms with Crippen molar-refractivity contribution < 1.29 is 54.9 Å². The summed E-state index contributed by atoms with van der Waals surface area (Å²) in [6, 6.07) is 6.78. The van der Waals surface area contributed by atoms with Crippen LogP contribution < -0.4 is 15.4 Å². The highest BCUT2D eigenvalue weighted by Gasteiger charge is 2.58. The molecule has 2 aromatic heterocycles. The summed E-state index contributed by atoms with van der Waals surface area (Å²) in [5.74, 6) is -1.72. The summed E-state index contributed by atoms with van der Waals surface area (Å²) in [7, 11) is 0. The van der Waals surface area contributed by atoms with Gasteiger partial charge in [-0.3, -0.25) is 4.79 Å². The van der Waals surface area contributed by atoms with E-state index in [1.165, 1.54) is 39.8 Å². The van der Waals surface area contributed by atoms with E-state index in [9.17, 15) is 45.4 Å². The van der Waals surface area contributed by atoms with Crippen molar-refractivity contribution in [3.05, 3.63) is 71.4 Å². The van der Waals surface area contributed by atoms with Gasteiger partial charge in [0.25, 0.3) is 0 Å². The van der Waals surface area contributed by atoms with Gasteiger partial charge in [0.05, 0.1) is 24.1 Å². The van der Waals surface area contributed by atoms with Crippen LogP contribution in [-0.2, 0) is 26.7 Å². The van der Waals surface area contributed by atoms with E-state index < -0.39 is 71.3 Å². The number of carbonyl (C=O) groups is 2. The quantitative estimate of drug-likeness (QED) is 0.287. The van der Waals surface area contributed by atoms with Crippen molar-refractivity contribution in [2.75, 3.05) is 18.5 Å². The Morgan fingerprint density at radius 1 is 1.02 bits per heavy atom. The van der Waals surface area contributed by atoms with Gasteiger partial charge in [0.15, 0.2) is 0 Å². The average Bonchev–Trinajstić information content (AvgIpc) is 3.27. The monoisotopic (exact) mass is 644 g/mol. The Bertz CT molecular complexity index is 1590. The van der Waals surface area contributed by atoms with E-state index >= 15 is 0 Å². The number of aromatic nitrogens is 2. The fraction of sp³-hybridized carbons (Fsp3) is 0.379. The van der Waals surface area contributed by atoms with Crippen LogP contribution in [0.3, 0.4) is 0 Å². The van der Waals surface area contributed by atoms with Crippen LogP contribution >= 0.6 is 0 Å². The largest absolute Gasteiger partial charge is 0.489 e. The number of fused-ring (bicyclic) bond motifs is 1. The van der Waals surface area contributed by atoms with Crippen LogP contribution in [0.15, 0.2) is 48.7 Å². The number of alkyl carbamates (subject to hydrolysis) is 1. The van der Waals surface area contributed by atoms with Gasteiger partial charge >= 0.3 is 18.4 Å². The molecule has 1 aromatic carbocycles. The van der Waals surface area contributed by atoms with Crippen molar-refractivity contribution in [1.29, 1.82) is 0 Å². The summed E-state index contributed by atoms with van der Waals surface area (Å²) in [5, 5.41) is 15.4. The molecule has 2 atom stereocenters. The first-order valence-electron chi connectivity index (χ1n) is 13.2. The number of pyridine rings is 2. The number of anilines is 1. The maximum Gasteiger partial charge on any atom is 0.433 e. The van der Waals surface area contributed by atoms with Gasteiger partial charge in [-0.25, -0.2) is 19.2 Å². The molecule has 0 saturated carbocycles. The third-order valence-electron chi connectivity index (χ3n) is 6.78. The van der Waals surface area contributed by atoms with Crippen molar-refractivity contribution in [1.82, 2.24) is 15.3 Å². The Balaban J connectivity index is 1.81. The van der Waals surface area contributed by atoms with Crippen LogP contribution in [0, 0.1) is 5.82 Å². The number of carbonyl (C=O) groups excluding carboxylic acids is 2. The summed E-state index contributed by atoms with van der Waals surface area (Å²) in [5.41, 5.74) is -9.48. The molecule has 0 unspecified atom stereocenters. The van der Waals surface area contributed by atoms with Gasteiger partial charge in [0, 0.05) is 11.1 Å². The predicted octanol–water partition coefficient (Wildman–Crippen LogP) is 5.86. The lowest BCUT2D eigenvalue weighted by Gasteiger charge is -2.32. The molecule has 0 saturated heterocycles. The van der Waals surface area contributed by atoms with Crippen LogP contribution in [0.1, 0.15) is 44.6 Å². The van der Waals surface area contributed by atoms with E-state index in [-0.39, 0.29) is 28.3 Å². The highest BCUT2D eigenvalue weighted by atomic mass is 19.4. The Kier molecular flexibility index (Phi) is 8.52. The minimum Gasteiger partial charge on any atom is -0.489 e. The number of nitrogens with zero attached hydrogens (tertiary/aromatic N) is 2.